The Labute approximate surface area is 77.8 Å². The molecule has 0 saturated heterocycles. The van der Waals surface area contributed by atoms with Crippen LogP contribution < -0.4 is 0 Å². The number of aromatic nitrogens is 5. The van der Waals surface area contributed by atoms with Gasteiger partial charge in [0.25, 0.3) is 5.78 Å². The van der Waals surface area contributed by atoms with Gasteiger partial charge in [-0.1, -0.05) is 0 Å². The first-order valence-corrected chi connectivity index (χ1v) is 4.00. The molecule has 1 N–H and O–H groups in total. The highest BCUT2D eigenvalue weighted by Crippen LogP contribution is 2.16. The molecule has 2 heterocycles. The minimum Gasteiger partial charge on any atom is -0.508 e. The molecule has 6 nitrogen and oxygen atoms in total. The third-order valence-corrected chi connectivity index (χ3v) is 1.96. The van der Waals surface area contributed by atoms with Crippen molar-refractivity contribution in [2.75, 3.05) is 0 Å². The predicted octanol–water partition coefficient (Wildman–Crippen LogP) is 0.378. The zero-order chi connectivity index (χ0) is 9.54. The van der Waals surface area contributed by atoms with E-state index in [0.717, 1.165) is 0 Å². The van der Waals surface area contributed by atoms with Crippen LogP contribution in [0.25, 0.3) is 16.8 Å². The molecule has 0 amide bonds. The van der Waals surface area contributed by atoms with Crippen molar-refractivity contribution in [3.63, 3.8) is 0 Å². The summed E-state index contributed by atoms with van der Waals surface area (Å²) in [7, 11) is 0. The predicted molar refractivity (Wildman–Crippen MR) is 47.7 cm³/mol. The van der Waals surface area contributed by atoms with Gasteiger partial charge in [0.05, 0.1) is 5.52 Å². The summed E-state index contributed by atoms with van der Waals surface area (Å²) >= 11 is 0. The molecule has 14 heavy (non-hydrogen) atoms. The van der Waals surface area contributed by atoms with Crippen LogP contribution >= 0.6 is 0 Å². The van der Waals surface area contributed by atoms with Crippen molar-refractivity contribution in [3.05, 3.63) is 24.5 Å². The molecule has 0 radical (unpaired) electrons. The highest BCUT2D eigenvalue weighted by atomic mass is 16.3. The molecule has 3 aromatic rings. The van der Waals surface area contributed by atoms with Gasteiger partial charge in [0, 0.05) is 6.07 Å². The number of phenols is 1. The molecule has 0 spiro atoms. The number of fused-ring (bicyclic) bond motifs is 3. The fourth-order valence-corrected chi connectivity index (χ4v) is 1.34. The Morgan fingerprint density at radius 3 is 3.07 bits per heavy atom. The van der Waals surface area contributed by atoms with Crippen molar-refractivity contribution in [1.82, 2.24) is 24.8 Å². The second-order valence-electron chi connectivity index (χ2n) is 2.84. The Morgan fingerprint density at radius 1 is 1.21 bits per heavy atom. The minimum absolute atomic E-state index is 0.169. The zero-order valence-corrected chi connectivity index (χ0v) is 6.99. The van der Waals surface area contributed by atoms with E-state index in [1.807, 2.05) is 0 Å². The molecular formula is C8H5N5O. The first-order valence-electron chi connectivity index (χ1n) is 4.00. The van der Waals surface area contributed by atoms with Crippen LogP contribution in [0.15, 0.2) is 24.5 Å². The fraction of sp³-hybridized carbons (Fsp3) is 0. The lowest BCUT2D eigenvalue weighted by atomic mass is 10.3. The van der Waals surface area contributed by atoms with Crippen molar-refractivity contribution in [3.8, 4) is 5.75 Å². The molecule has 0 aliphatic rings. The topological polar surface area (TPSA) is 76.2 Å². The van der Waals surface area contributed by atoms with Crippen molar-refractivity contribution < 1.29 is 5.11 Å². The molecule has 2 aromatic heterocycles. The molecule has 0 aliphatic carbocycles. The standard InChI is InChI=1S/C8H5N5O/c14-5-1-2-6-7(3-5)13-8(12-11-6)9-4-10-13/h1-4,14H. The summed E-state index contributed by atoms with van der Waals surface area (Å²) in [6.45, 7) is 0. The minimum atomic E-state index is 0.169. The summed E-state index contributed by atoms with van der Waals surface area (Å²) < 4.78 is 1.53. The average Bonchev–Trinajstić information content (AvgIpc) is 2.65. The van der Waals surface area contributed by atoms with Crippen LogP contribution in [-0.2, 0) is 0 Å². The first kappa shape index (κ1) is 7.19. The van der Waals surface area contributed by atoms with Crippen LogP contribution in [-0.4, -0.2) is 29.9 Å². The normalized spacial score (nSPS) is 11.1. The SMILES string of the molecule is Oc1ccc2nnc3ncnn3c2c1. The quantitative estimate of drug-likeness (QED) is 0.550. The molecule has 3 rings (SSSR count). The Morgan fingerprint density at radius 2 is 2.14 bits per heavy atom. The Hall–Kier alpha value is -2.24. The number of hydrogen-bond acceptors (Lipinski definition) is 5. The molecule has 6 heteroatoms. The van der Waals surface area contributed by atoms with E-state index in [1.54, 1.807) is 18.2 Å². The number of benzene rings is 1. The second-order valence-corrected chi connectivity index (χ2v) is 2.84. The Bertz CT molecular complexity index is 617. The lowest BCUT2D eigenvalue weighted by molar-refractivity contribution is 0.476. The van der Waals surface area contributed by atoms with E-state index < -0.39 is 0 Å². The lowest BCUT2D eigenvalue weighted by Gasteiger charge is -1.98. The van der Waals surface area contributed by atoms with Crippen molar-refractivity contribution in [1.29, 1.82) is 0 Å². The summed E-state index contributed by atoms with van der Waals surface area (Å²) in [5.41, 5.74) is 1.35. The molecule has 0 bridgehead atoms. The van der Waals surface area contributed by atoms with Crippen LogP contribution in [0.1, 0.15) is 0 Å². The molecule has 1 aromatic carbocycles. The molecule has 0 saturated carbocycles. The van der Waals surface area contributed by atoms with Gasteiger partial charge in [-0.05, 0) is 12.1 Å². The van der Waals surface area contributed by atoms with Crippen LogP contribution in [0, 0.1) is 0 Å². The maximum atomic E-state index is 9.32. The average molecular weight is 187 g/mol. The maximum Gasteiger partial charge on any atom is 0.272 e. The number of phenolic OH excluding ortho intramolecular Hbond substituents is 1. The van der Waals surface area contributed by atoms with Gasteiger partial charge in [0.1, 0.15) is 17.6 Å². The van der Waals surface area contributed by atoms with Crippen molar-refractivity contribution >= 4 is 16.8 Å². The lowest BCUT2D eigenvalue weighted by Crippen LogP contribution is -1.96. The van der Waals surface area contributed by atoms with E-state index in [1.165, 1.54) is 10.8 Å². The highest BCUT2D eigenvalue weighted by Gasteiger charge is 2.04. The van der Waals surface area contributed by atoms with Gasteiger partial charge in [-0.3, -0.25) is 0 Å². The number of hydrogen-bond donors (Lipinski definition) is 1. The van der Waals surface area contributed by atoms with Crippen molar-refractivity contribution in [2.24, 2.45) is 0 Å². The third kappa shape index (κ3) is 0.846. The number of aromatic hydroxyl groups is 1. The molecular weight excluding hydrogens is 182 g/mol. The van der Waals surface area contributed by atoms with Gasteiger partial charge in [0.15, 0.2) is 0 Å². The van der Waals surface area contributed by atoms with Crippen LogP contribution in [0.4, 0.5) is 0 Å². The van der Waals surface area contributed by atoms with Crippen LogP contribution in [0.2, 0.25) is 0 Å². The van der Waals surface area contributed by atoms with Gasteiger partial charge in [-0.15, -0.1) is 10.2 Å². The number of rotatable bonds is 0. The molecule has 0 aliphatic heterocycles. The largest absolute Gasteiger partial charge is 0.508 e. The highest BCUT2D eigenvalue weighted by molar-refractivity contribution is 5.76. The smallest absolute Gasteiger partial charge is 0.272 e. The summed E-state index contributed by atoms with van der Waals surface area (Å²) in [6.07, 6.45) is 1.40. The molecule has 0 atom stereocenters. The summed E-state index contributed by atoms with van der Waals surface area (Å²) in [5.74, 6) is 0.588. The maximum absolute atomic E-state index is 9.32. The van der Waals surface area contributed by atoms with E-state index in [-0.39, 0.29) is 5.75 Å². The Kier molecular flexibility index (Phi) is 1.22. The first-order chi connectivity index (χ1) is 6.84. The number of nitrogens with zero attached hydrogens (tertiary/aromatic N) is 5. The summed E-state index contributed by atoms with van der Waals surface area (Å²) in [6, 6.07) is 4.81. The molecule has 0 unspecified atom stereocenters. The van der Waals surface area contributed by atoms with Crippen molar-refractivity contribution in [2.45, 2.75) is 0 Å². The zero-order valence-electron chi connectivity index (χ0n) is 6.99. The fourth-order valence-electron chi connectivity index (χ4n) is 1.34. The monoisotopic (exact) mass is 187 g/mol. The van der Waals surface area contributed by atoms with Gasteiger partial charge in [-0.2, -0.15) is 14.6 Å². The van der Waals surface area contributed by atoms with Gasteiger partial charge >= 0.3 is 0 Å². The van der Waals surface area contributed by atoms with E-state index in [9.17, 15) is 5.11 Å². The molecule has 68 valence electrons. The Balaban J connectivity index is 2.60. The van der Waals surface area contributed by atoms with Gasteiger partial charge in [0.2, 0.25) is 0 Å². The summed E-state index contributed by atoms with van der Waals surface area (Å²) in [5, 5.41) is 21.1. The van der Waals surface area contributed by atoms with Crippen LogP contribution in [0.3, 0.4) is 0 Å². The third-order valence-electron chi connectivity index (χ3n) is 1.96. The van der Waals surface area contributed by atoms with Gasteiger partial charge < -0.3 is 5.11 Å². The van der Waals surface area contributed by atoms with E-state index in [2.05, 4.69) is 20.3 Å². The van der Waals surface area contributed by atoms with E-state index in [0.29, 0.717) is 16.8 Å². The molecule has 0 fully saturated rings. The van der Waals surface area contributed by atoms with E-state index >= 15 is 0 Å². The van der Waals surface area contributed by atoms with Gasteiger partial charge in [-0.25, -0.2) is 0 Å². The summed E-state index contributed by atoms with van der Waals surface area (Å²) in [4.78, 5) is 3.90. The van der Waals surface area contributed by atoms with Crippen LogP contribution in [0.5, 0.6) is 5.75 Å². The van der Waals surface area contributed by atoms with E-state index in [4.69, 9.17) is 0 Å². The second kappa shape index (κ2) is 2.38.